The van der Waals surface area contributed by atoms with Gasteiger partial charge in [-0.15, -0.1) is 11.3 Å². The highest BCUT2D eigenvalue weighted by Gasteiger charge is 2.23. The lowest BCUT2D eigenvalue weighted by molar-refractivity contribution is -0.131. The van der Waals surface area contributed by atoms with E-state index in [1.165, 1.54) is 11.3 Å². The van der Waals surface area contributed by atoms with Crippen LogP contribution in [0.2, 0.25) is 0 Å². The van der Waals surface area contributed by atoms with Crippen molar-refractivity contribution >= 4 is 29.6 Å². The van der Waals surface area contributed by atoms with Gasteiger partial charge in [-0.25, -0.2) is 4.79 Å². The molecule has 1 aromatic rings. The number of rotatable bonds is 3. The lowest BCUT2D eigenvalue weighted by Crippen LogP contribution is -2.43. The van der Waals surface area contributed by atoms with Crippen LogP contribution >= 0.6 is 11.3 Å². The Bertz CT molecular complexity index is 589. The van der Waals surface area contributed by atoms with E-state index in [-0.39, 0.29) is 12.5 Å². The number of aldehydes is 1. The zero-order valence-corrected chi connectivity index (χ0v) is 13.8. The highest BCUT2D eigenvalue weighted by Crippen LogP contribution is 2.27. The molecule has 1 aliphatic rings. The Balaban J connectivity index is 1.86. The second kappa shape index (κ2) is 6.48. The molecule has 0 saturated heterocycles. The summed E-state index contributed by atoms with van der Waals surface area (Å²) in [6.45, 7) is 6.29. The van der Waals surface area contributed by atoms with Gasteiger partial charge in [0.05, 0.1) is 4.88 Å². The summed E-state index contributed by atoms with van der Waals surface area (Å²) in [4.78, 5) is 38.0. The Labute approximate surface area is 133 Å². The summed E-state index contributed by atoms with van der Waals surface area (Å²) in [5.41, 5.74) is 0.429. The molecule has 0 bridgehead atoms. The van der Waals surface area contributed by atoms with Crippen molar-refractivity contribution in [2.75, 3.05) is 13.1 Å². The maximum absolute atomic E-state index is 12.1. The maximum Gasteiger partial charge on any atom is 0.408 e. The Morgan fingerprint density at radius 1 is 1.45 bits per heavy atom. The molecule has 1 aromatic heterocycles. The van der Waals surface area contributed by atoms with Gasteiger partial charge in [0.2, 0.25) is 5.91 Å². The SMILES string of the molecule is CC(C)(C)OC(=O)NCC(=O)N1CCc2sc(C=O)cc2C1. The van der Waals surface area contributed by atoms with Gasteiger partial charge in [-0.05, 0) is 38.8 Å². The van der Waals surface area contributed by atoms with Crippen molar-refractivity contribution in [2.45, 2.75) is 39.3 Å². The zero-order chi connectivity index (χ0) is 16.3. The number of thiophene rings is 1. The van der Waals surface area contributed by atoms with E-state index in [1.54, 1.807) is 25.7 Å². The first-order chi connectivity index (χ1) is 10.3. The molecule has 1 aliphatic heterocycles. The molecule has 2 heterocycles. The van der Waals surface area contributed by atoms with Gasteiger partial charge in [-0.3, -0.25) is 9.59 Å². The van der Waals surface area contributed by atoms with E-state index in [4.69, 9.17) is 4.74 Å². The molecule has 6 nitrogen and oxygen atoms in total. The molecular weight excluding hydrogens is 304 g/mol. The lowest BCUT2D eigenvalue weighted by atomic mass is 10.1. The number of carbonyl (C=O) groups excluding carboxylic acids is 3. The van der Waals surface area contributed by atoms with Crippen molar-refractivity contribution in [1.82, 2.24) is 10.2 Å². The van der Waals surface area contributed by atoms with E-state index in [0.717, 1.165) is 23.1 Å². The third-order valence-corrected chi connectivity index (χ3v) is 4.30. The quantitative estimate of drug-likeness (QED) is 0.863. The molecule has 0 fully saturated rings. The maximum atomic E-state index is 12.1. The number of carbonyl (C=O) groups is 3. The Morgan fingerprint density at radius 2 is 2.18 bits per heavy atom. The van der Waals surface area contributed by atoms with Crippen LogP contribution in [0.1, 0.15) is 40.9 Å². The molecule has 0 spiro atoms. The third kappa shape index (κ3) is 4.30. The Kier molecular flexibility index (Phi) is 4.85. The van der Waals surface area contributed by atoms with Gasteiger partial charge in [0.1, 0.15) is 12.1 Å². The lowest BCUT2D eigenvalue weighted by Gasteiger charge is -2.27. The molecule has 2 amide bonds. The molecule has 0 aromatic carbocycles. The van der Waals surface area contributed by atoms with Gasteiger partial charge in [0.15, 0.2) is 6.29 Å². The van der Waals surface area contributed by atoms with Gasteiger partial charge in [0, 0.05) is 18.0 Å². The minimum Gasteiger partial charge on any atom is -0.444 e. The van der Waals surface area contributed by atoms with Crippen molar-refractivity contribution < 1.29 is 19.1 Å². The predicted molar refractivity (Wildman–Crippen MR) is 83.1 cm³/mol. The molecule has 7 heteroatoms. The van der Waals surface area contributed by atoms with Gasteiger partial charge in [0.25, 0.3) is 0 Å². The summed E-state index contributed by atoms with van der Waals surface area (Å²) >= 11 is 1.48. The standard InChI is InChI=1S/C15H20N2O4S/c1-15(2,3)21-14(20)16-7-13(19)17-5-4-12-10(8-17)6-11(9-18)22-12/h6,9H,4-5,7-8H2,1-3H3,(H,16,20). The number of nitrogens with zero attached hydrogens (tertiary/aromatic N) is 1. The molecule has 1 N–H and O–H groups in total. The molecule has 22 heavy (non-hydrogen) atoms. The number of hydrogen-bond donors (Lipinski definition) is 1. The van der Waals surface area contributed by atoms with Crippen LogP contribution in [-0.2, 0) is 22.5 Å². The number of alkyl carbamates (subject to hydrolysis) is 1. The molecule has 0 radical (unpaired) electrons. The van der Waals surface area contributed by atoms with Gasteiger partial charge in [-0.1, -0.05) is 0 Å². The first-order valence-corrected chi connectivity index (χ1v) is 7.91. The topological polar surface area (TPSA) is 75.7 Å². The smallest absolute Gasteiger partial charge is 0.408 e. The van der Waals surface area contributed by atoms with E-state index >= 15 is 0 Å². The van der Waals surface area contributed by atoms with Crippen molar-refractivity contribution in [3.8, 4) is 0 Å². The second-order valence-corrected chi connectivity index (χ2v) is 7.30. The first kappa shape index (κ1) is 16.5. The van der Waals surface area contributed by atoms with Gasteiger partial charge >= 0.3 is 6.09 Å². The fourth-order valence-electron chi connectivity index (χ4n) is 2.20. The van der Waals surface area contributed by atoms with E-state index in [9.17, 15) is 14.4 Å². The average Bonchev–Trinajstić information content (AvgIpc) is 2.84. The van der Waals surface area contributed by atoms with Gasteiger partial charge < -0.3 is 15.0 Å². The largest absolute Gasteiger partial charge is 0.444 e. The Morgan fingerprint density at radius 3 is 2.82 bits per heavy atom. The average molecular weight is 324 g/mol. The molecule has 120 valence electrons. The minimum atomic E-state index is -0.600. The monoisotopic (exact) mass is 324 g/mol. The van der Waals surface area contributed by atoms with Crippen LogP contribution < -0.4 is 5.32 Å². The van der Waals surface area contributed by atoms with Crippen LogP contribution in [-0.4, -0.2) is 41.9 Å². The fourth-order valence-corrected chi connectivity index (χ4v) is 3.18. The molecule has 0 atom stereocenters. The van der Waals surface area contributed by atoms with Crippen LogP contribution in [0, 0.1) is 0 Å². The summed E-state index contributed by atoms with van der Waals surface area (Å²) < 4.78 is 5.09. The van der Waals surface area contributed by atoms with Crippen LogP contribution in [0.4, 0.5) is 4.79 Å². The van der Waals surface area contributed by atoms with Crippen LogP contribution in [0.3, 0.4) is 0 Å². The van der Waals surface area contributed by atoms with E-state index in [0.29, 0.717) is 18.0 Å². The van der Waals surface area contributed by atoms with Crippen molar-refractivity contribution in [2.24, 2.45) is 0 Å². The summed E-state index contributed by atoms with van der Waals surface area (Å²) in [6, 6.07) is 1.83. The van der Waals surface area contributed by atoms with Crippen LogP contribution in [0.25, 0.3) is 0 Å². The van der Waals surface area contributed by atoms with Gasteiger partial charge in [-0.2, -0.15) is 0 Å². The van der Waals surface area contributed by atoms with Crippen LogP contribution in [0.5, 0.6) is 0 Å². The van der Waals surface area contributed by atoms with Crippen molar-refractivity contribution in [1.29, 1.82) is 0 Å². The van der Waals surface area contributed by atoms with Crippen molar-refractivity contribution in [3.05, 3.63) is 21.4 Å². The molecule has 2 rings (SSSR count). The third-order valence-electron chi connectivity index (χ3n) is 3.14. The minimum absolute atomic E-state index is 0.0884. The molecule has 0 unspecified atom stereocenters. The summed E-state index contributed by atoms with van der Waals surface area (Å²) in [5, 5.41) is 2.47. The normalized spacial score (nSPS) is 14.2. The fraction of sp³-hybridized carbons (Fsp3) is 0.533. The zero-order valence-electron chi connectivity index (χ0n) is 13.0. The highest BCUT2D eigenvalue weighted by molar-refractivity contribution is 7.13. The van der Waals surface area contributed by atoms with E-state index in [2.05, 4.69) is 5.32 Å². The molecular formula is C15H20N2O4S. The predicted octanol–water partition coefficient (Wildman–Crippen LogP) is 1.97. The second-order valence-electron chi connectivity index (χ2n) is 6.14. The van der Waals surface area contributed by atoms with Crippen LogP contribution in [0.15, 0.2) is 6.07 Å². The van der Waals surface area contributed by atoms with Crippen molar-refractivity contribution in [3.63, 3.8) is 0 Å². The molecule has 0 aliphatic carbocycles. The van der Waals surface area contributed by atoms with E-state index < -0.39 is 11.7 Å². The molecule has 0 saturated carbocycles. The van der Waals surface area contributed by atoms with E-state index in [1.807, 2.05) is 6.07 Å². The highest BCUT2D eigenvalue weighted by atomic mass is 32.1. The Hall–Kier alpha value is -1.89. The first-order valence-electron chi connectivity index (χ1n) is 7.10. The number of fused-ring (bicyclic) bond motifs is 1. The number of ether oxygens (including phenoxy) is 1. The summed E-state index contributed by atoms with van der Waals surface area (Å²) in [5.74, 6) is -0.157. The number of amides is 2. The number of nitrogens with one attached hydrogen (secondary N) is 1. The summed E-state index contributed by atoms with van der Waals surface area (Å²) in [7, 11) is 0. The summed E-state index contributed by atoms with van der Waals surface area (Å²) in [6.07, 6.45) is 0.975. The number of hydrogen-bond acceptors (Lipinski definition) is 5.